The van der Waals surface area contributed by atoms with Crippen LogP contribution in [0.3, 0.4) is 0 Å². The third kappa shape index (κ3) is 3.58. The van der Waals surface area contributed by atoms with Crippen LogP contribution in [0.15, 0.2) is 12.1 Å². The molecular weight excluding hydrogens is 276 g/mol. The second-order valence-corrected chi connectivity index (χ2v) is 6.28. The van der Waals surface area contributed by atoms with Gasteiger partial charge in [0.1, 0.15) is 0 Å². The van der Waals surface area contributed by atoms with Crippen LogP contribution in [-0.4, -0.2) is 47.6 Å². The van der Waals surface area contributed by atoms with E-state index < -0.39 is 0 Å². The predicted octanol–water partition coefficient (Wildman–Crippen LogP) is 1.16. The second-order valence-electron chi connectivity index (χ2n) is 4.99. The zero-order valence-corrected chi connectivity index (χ0v) is 12.4. The average Bonchev–Trinajstić information content (AvgIpc) is 2.79. The molecule has 0 bridgehead atoms. The van der Waals surface area contributed by atoms with Gasteiger partial charge in [0, 0.05) is 17.5 Å². The smallest absolute Gasteiger partial charge is 0.261 e. The van der Waals surface area contributed by atoms with Gasteiger partial charge < -0.3 is 15.3 Å². The molecular formula is C14H20N2O3S. The number of aryl methyl sites for hydroxylation is 1. The Kier molecular flexibility index (Phi) is 5.14. The molecule has 0 radical (unpaired) electrons. The van der Waals surface area contributed by atoms with Gasteiger partial charge >= 0.3 is 0 Å². The fourth-order valence-electron chi connectivity index (χ4n) is 2.22. The molecule has 0 saturated heterocycles. The highest BCUT2D eigenvalue weighted by atomic mass is 32.1. The maximum atomic E-state index is 12.1. The summed E-state index contributed by atoms with van der Waals surface area (Å²) in [4.78, 5) is 27.4. The molecule has 1 heterocycles. The summed E-state index contributed by atoms with van der Waals surface area (Å²) in [5.41, 5.74) is 0. The molecule has 2 N–H and O–H groups in total. The van der Waals surface area contributed by atoms with Crippen molar-refractivity contribution in [2.75, 3.05) is 19.7 Å². The van der Waals surface area contributed by atoms with E-state index >= 15 is 0 Å². The van der Waals surface area contributed by atoms with Crippen molar-refractivity contribution in [2.45, 2.75) is 32.2 Å². The molecule has 1 aromatic rings. The Labute approximate surface area is 122 Å². The molecule has 0 aliphatic heterocycles. The van der Waals surface area contributed by atoms with Crippen LogP contribution in [0.1, 0.15) is 33.8 Å². The van der Waals surface area contributed by atoms with Gasteiger partial charge in [0.2, 0.25) is 5.91 Å². The van der Waals surface area contributed by atoms with Crippen molar-refractivity contribution in [1.82, 2.24) is 10.2 Å². The molecule has 0 aromatic carbocycles. The number of hydrogen-bond donors (Lipinski definition) is 2. The van der Waals surface area contributed by atoms with E-state index in [1.807, 2.05) is 13.0 Å². The lowest BCUT2D eigenvalue weighted by atomic mass is 9.91. The van der Waals surface area contributed by atoms with Crippen LogP contribution in [0.25, 0.3) is 0 Å². The van der Waals surface area contributed by atoms with Gasteiger partial charge in [-0.05, 0) is 38.3 Å². The first kappa shape index (κ1) is 15.0. The van der Waals surface area contributed by atoms with Crippen LogP contribution >= 0.6 is 11.3 Å². The lowest BCUT2D eigenvalue weighted by molar-refractivity contribution is -0.134. The minimum absolute atomic E-state index is 0.00766. The summed E-state index contributed by atoms with van der Waals surface area (Å²) < 4.78 is 0. The molecule has 20 heavy (non-hydrogen) atoms. The molecule has 1 aliphatic carbocycles. The average molecular weight is 296 g/mol. The van der Waals surface area contributed by atoms with E-state index in [-0.39, 0.29) is 31.0 Å². The van der Waals surface area contributed by atoms with E-state index in [9.17, 15) is 9.59 Å². The number of nitrogens with one attached hydrogen (secondary N) is 1. The normalized spacial score (nSPS) is 14.7. The highest BCUT2D eigenvalue weighted by Crippen LogP contribution is 2.24. The van der Waals surface area contributed by atoms with Gasteiger partial charge in [-0.25, -0.2) is 0 Å². The Morgan fingerprint density at radius 2 is 2.20 bits per heavy atom. The van der Waals surface area contributed by atoms with Crippen molar-refractivity contribution in [3.05, 3.63) is 21.9 Å². The maximum Gasteiger partial charge on any atom is 0.261 e. The Morgan fingerprint density at radius 1 is 1.45 bits per heavy atom. The summed E-state index contributed by atoms with van der Waals surface area (Å²) in [6, 6.07) is 3.88. The van der Waals surface area contributed by atoms with Gasteiger partial charge in [0.25, 0.3) is 5.91 Å². The summed E-state index contributed by atoms with van der Waals surface area (Å²) in [6.07, 6.45) is 3.11. The number of carbonyl (C=O) groups excluding carboxylic acids is 2. The minimum Gasteiger partial charge on any atom is -0.395 e. The fourth-order valence-corrected chi connectivity index (χ4v) is 3.00. The molecule has 2 amide bonds. The van der Waals surface area contributed by atoms with Crippen LogP contribution in [-0.2, 0) is 4.79 Å². The maximum absolute atomic E-state index is 12.1. The van der Waals surface area contributed by atoms with Crippen molar-refractivity contribution >= 4 is 23.2 Å². The van der Waals surface area contributed by atoms with Crippen LogP contribution in [0, 0.1) is 6.92 Å². The minimum atomic E-state index is -0.214. The van der Waals surface area contributed by atoms with Gasteiger partial charge in [0.05, 0.1) is 18.0 Å². The zero-order chi connectivity index (χ0) is 14.5. The van der Waals surface area contributed by atoms with Crippen LogP contribution in [0.5, 0.6) is 0 Å². The molecule has 1 saturated carbocycles. The van der Waals surface area contributed by atoms with Crippen LogP contribution in [0.4, 0.5) is 0 Å². The van der Waals surface area contributed by atoms with E-state index in [4.69, 9.17) is 5.11 Å². The summed E-state index contributed by atoms with van der Waals surface area (Å²) in [7, 11) is 0. The summed E-state index contributed by atoms with van der Waals surface area (Å²) in [6.45, 7) is 2.23. The third-order valence-electron chi connectivity index (χ3n) is 3.54. The van der Waals surface area contributed by atoms with Crippen LogP contribution in [0.2, 0.25) is 0 Å². The number of thiophene rings is 1. The first-order valence-electron chi connectivity index (χ1n) is 6.87. The Hall–Kier alpha value is -1.40. The monoisotopic (exact) mass is 296 g/mol. The Balaban J connectivity index is 1.85. The lowest BCUT2D eigenvalue weighted by Gasteiger charge is -2.37. The van der Waals surface area contributed by atoms with Gasteiger partial charge in [-0.15, -0.1) is 11.3 Å². The standard InChI is InChI=1S/C14H20N2O3S/c1-10-5-6-12(20-10)14(19)15-9-13(18)16(7-8-17)11-3-2-4-11/h5-6,11,17H,2-4,7-9H2,1H3,(H,15,19). The highest BCUT2D eigenvalue weighted by molar-refractivity contribution is 7.13. The molecule has 0 unspecified atom stereocenters. The van der Waals surface area contributed by atoms with Crippen molar-refractivity contribution in [3.8, 4) is 0 Å². The first-order chi connectivity index (χ1) is 9.61. The molecule has 0 spiro atoms. The summed E-state index contributed by atoms with van der Waals surface area (Å²) in [5.74, 6) is -0.334. The van der Waals surface area contributed by atoms with Gasteiger partial charge in [-0.2, -0.15) is 0 Å². The molecule has 6 heteroatoms. The largest absolute Gasteiger partial charge is 0.395 e. The Morgan fingerprint density at radius 3 is 2.70 bits per heavy atom. The summed E-state index contributed by atoms with van der Waals surface area (Å²) in [5, 5.41) is 11.7. The number of aliphatic hydroxyl groups excluding tert-OH is 1. The zero-order valence-electron chi connectivity index (χ0n) is 11.6. The van der Waals surface area contributed by atoms with E-state index in [2.05, 4.69) is 5.32 Å². The molecule has 1 aliphatic rings. The first-order valence-corrected chi connectivity index (χ1v) is 7.68. The SMILES string of the molecule is Cc1ccc(C(=O)NCC(=O)N(CCO)C2CCC2)s1. The second kappa shape index (κ2) is 6.85. The van der Waals surface area contributed by atoms with Crippen molar-refractivity contribution in [3.63, 3.8) is 0 Å². The van der Waals surface area contributed by atoms with E-state index in [1.165, 1.54) is 11.3 Å². The molecule has 1 fully saturated rings. The number of rotatable bonds is 6. The van der Waals surface area contributed by atoms with E-state index in [0.29, 0.717) is 11.4 Å². The van der Waals surface area contributed by atoms with Crippen LogP contribution < -0.4 is 5.32 Å². The van der Waals surface area contributed by atoms with Gasteiger partial charge in [-0.3, -0.25) is 9.59 Å². The fraction of sp³-hybridized carbons (Fsp3) is 0.571. The van der Waals surface area contributed by atoms with E-state index in [0.717, 1.165) is 24.1 Å². The van der Waals surface area contributed by atoms with Crippen molar-refractivity contribution in [2.24, 2.45) is 0 Å². The number of carbonyl (C=O) groups is 2. The van der Waals surface area contributed by atoms with Gasteiger partial charge in [-0.1, -0.05) is 0 Å². The third-order valence-corrected chi connectivity index (χ3v) is 4.54. The van der Waals surface area contributed by atoms with Crippen molar-refractivity contribution in [1.29, 1.82) is 0 Å². The topological polar surface area (TPSA) is 69.6 Å². The predicted molar refractivity (Wildman–Crippen MR) is 77.8 cm³/mol. The van der Waals surface area contributed by atoms with E-state index in [1.54, 1.807) is 11.0 Å². The lowest BCUT2D eigenvalue weighted by Crippen LogP contribution is -2.49. The highest BCUT2D eigenvalue weighted by Gasteiger charge is 2.28. The molecule has 5 nitrogen and oxygen atoms in total. The van der Waals surface area contributed by atoms with Gasteiger partial charge in [0.15, 0.2) is 0 Å². The molecule has 2 rings (SSSR count). The number of amides is 2. The van der Waals surface area contributed by atoms with Crippen molar-refractivity contribution < 1.29 is 14.7 Å². The summed E-state index contributed by atoms with van der Waals surface area (Å²) >= 11 is 1.41. The number of aliphatic hydroxyl groups is 1. The molecule has 110 valence electrons. The molecule has 0 atom stereocenters. The quantitative estimate of drug-likeness (QED) is 0.827. The number of nitrogens with zero attached hydrogens (tertiary/aromatic N) is 1. The number of hydrogen-bond acceptors (Lipinski definition) is 4. The molecule has 1 aromatic heterocycles. The Bertz CT molecular complexity index is 483.